The van der Waals surface area contributed by atoms with Gasteiger partial charge in [-0.15, -0.1) is 0 Å². The van der Waals surface area contributed by atoms with Crippen molar-refractivity contribution < 1.29 is 18.0 Å². The first kappa shape index (κ1) is 18.6. The SMILES string of the molecule is C=CC(=O)N1CCC(NS(=O)(=O)c2c(C(N)=O)[nH]c3ccc(Br)cc23)C1. The number of fused-ring (bicyclic) bond motifs is 1. The first-order valence-corrected chi connectivity index (χ1v) is 10.0. The molecule has 2 aromatic rings. The van der Waals surface area contributed by atoms with Gasteiger partial charge < -0.3 is 15.6 Å². The molecule has 1 saturated heterocycles. The number of amides is 2. The standard InChI is InChI=1S/C16H17BrN4O4S/c1-2-13(22)21-6-5-10(8-21)20-26(24,25)15-11-7-9(17)3-4-12(11)19-14(15)16(18)23/h2-4,7,10,19-20H,1,5-6,8H2,(H2,18,23). The van der Waals surface area contributed by atoms with E-state index in [9.17, 15) is 18.0 Å². The number of carbonyl (C=O) groups excluding carboxylic acids is 2. The second kappa shape index (κ2) is 6.86. The van der Waals surface area contributed by atoms with Crippen LogP contribution in [-0.2, 0) is 14.8 Å². The van der Waals surface area contributed by atoms with Crippen molar-refractivity contribution in [3.63, 3.8) is 0 Å². The Hall–Kier alpha value is -2.17. The molecule has 8 nitrogen and oxygen atoms in total. The number of hydrogen-bond donors (Lipinski definition) is 3. The predicted octanol–water partition coefficient (Wildman–Crippen LogP) is 1.09. The van der Waals surface area contributed by atoms with E-state index in [-0.39, 0.29) is 23.0 Å². The molecule has 1 aliphatic rings. The van der Waals surface area contributed by atoms with E-state index >= 15 is 0 Å². The van der Waals surface area contributed by atoms with Crippen LogP contribution in [0.15, 0.2) is 40.2 Å². The Kier molecular flexibility index (Phi) is 4.91. The quantitative estimate of drug-likeness (QED) is 0.601. The Morgan fingerprint density at radius 3 is 2.81 bits per heavy atom. The zero-order valence-corrected chi connectivity index (χ0v) is 16.1. The predicted molar refractivity (Wildman–Crippen MR) is 100 cm³/mol. The molecule has 2 amide bonds. The van der Waals surface area contributed by atoms with E-state index in [1.54, 1.807) is 18.2 Å². The lowest BCUT2D eigenvalue weighted by molar-refractivity contribution is -0.125. The molecule has 138 valence electrons. The number of nitrogens with zero attached hydrogens (tertiary/aromatic N) is 1. The van der Waals surface area contributed by atoms with Gasteiger partial charge in [0, 0.05) is 34.5 Å². The summed E-state index contributed by atoms with van der Waals surface area (Å²) in [7, 11) is -4.04. The number of nitrogens with two attached hydrogens (primary N) is 1. The van der Waals surface area contributed by atoms with Crippen LogP contribution < -0.4 is 10.5 Å². The highest BCUT2D eigenvalue weighted by Crippen LogP contribution is 2.30. The number of rotatable bonds is 5. The topological polar surface area (TPSA) is 125 Å². The molecule has 1 aliphatic heterocycles. The molecule has 1 unspecified atom stereocenters. The summed E-state index contributed by atoms with van der Waals surface area (Å²) >= 11 is 3.30. The third kappa shape index (κ3) is 3.39. The summed E-state index contributed by atoms with van der Waals surface area (Å²) in [6.07, 6.45) is 1.66. The minimum absolute atomic E-state index is 0.178. The van der Waals surface area contributed by atoms with Crippen LogP contribution in [0, 0.1) is 0 Å². The molecule has 2 heterocycles. The number of sulfonamides is 1. The highest BCUT2D eigenvalue weighted by atomic mass is 79.9. The summed E-state index contributed by atoms with van der Waals surface area (Å²) < 4.78 is 29.2. The average molecular weight is 441 g/mol. The summed E-state index contributed by atoms with van der Waals surface area (Å²) in [6.45, 7) is 4.10. The van der Waals surface area contributed by atoms with Gasteiger partial charge in [0.25, 0.3) is 5.91 Å². The number of carbonyl (C=O) groups is 2. The van der Waals surface area contributed by atoms with Crippen LogP contribution in [0.4, 0.5) is 0 Å². The van der Waals surface area contributed by atoms with Gasteiger partial charge in [-0.1, -0.05) is 22.5 Å². The van der Waals surface area contributed by atoms with E-state index in [1.807, 2.05) is 0 Å². The molecule has 10 heteroatoms. The molecule has 1 fully saturated rings. The number of hydrogen-bond acceptors (Lipinski definition) is 4. The van der Waals surface area contributed by atoms with E-state index in [0.717, 1.165) is 0 Å². The van der Waals surface area contributed by atoms with Gasteiger partial charge in [0.05, 0.1) is 0 Å². The lowest BCUT2D eigenvalue weighted by Crippen LogP contribution is -2.38. The Morgan fingerprint density at radius 1 is 1.42 bits per heavy atom. The Morgan fingerprint density at radius 2 is 2.15 bits per heavy atom. The van der Waals surface area contributed by atoms with Gasteiger partial charge in [-0.2, -0.15) is 0 Å². The molecule has 26 heavy (non-hydrogen) atoms. The Labute approximate surface area is 158 Å². The molecule has 1 aromatic heterocycles. The second-order valence-electron chi connectivity index (χ2n) is 5.98. The van der Waals surface area contributed by atoms with E-state index in [1.165, 1.54) is 11.0 Å². The molecular formula is C16H17BrN4O4S. The summed E-state index contributed by atoms with van der Waals surface area (Å²) in [5.74, 6) is -1.12. The number of nitrogens with one attached hydrogen (secondary N) is 2. The van der Waals surface area contributed by atoms with Crippen LogP contribution >= 0.6 is 15.9 Å². The maximum absolute atomic E-state index is 13.0. The number of aromatic amines is 1. The van der Waals surface area contributed by atoms with Crippen molar-refractivity contribution in [3.05, 3.63) is 41.0 Å². The number of aromatic nitrogens is 1. The summed E-state index contributed by atoms with van der Waals surface area (Å²) in [5, 5.41) is 0.359. The molecule has 1 aromatic carbocycles. The zero-order chi connectivity index (χ0) is 19.1. The van der Waals surface area contributed by atoms with Crippen LogP contribution in [0.1, 0.15) is 16.9 Å². The van der Waals surface area contributed by atoms with Crippen molar-refractivity contribution in [2.24, 2.45) is 5.73 Å². The van der Waals surface area contributed by atoms with Gasteiger partial charge in [0.2, 0.25) is 15.9 Å². The van der Waals surface area contributed by atoms with Crippen molar-refractivity contribution in [3.8, 4) is 0 Å². The summed E-state index contributed by atoms with van der Waals surface area (Å²) in [6, 6.07) is 4.53. The van der Waals surface area contributed by atoms with Gasteiger partial charge >= 0.3 is 0 Å². The van der Waals surface area contributed by atoms with E-state index in [0.29, 0.717) is 28.3 Å². The van der Waals surface area contributed by atoms with E-state index < -0.39 is 22.0 Å². The number of primary amides is 1. The van der Waals surface area contributed by atoms with Crippen molar-refractivity contribution in [2.75, 3.05) is 13.1 Å². The van der Waals surface area contributed by atoms with E-state index in [4.69, 9.17) is 5.73 Å². The van der Waals surface area contributed by atoms with Crippen LogP contribution in [0.25, 0.3) is 10.9 Å². The van der Waals surface area contributed by atoms with Crippen molar-refractivity contribution in [1.82, 2.24) is 14.6 Å². The molecule has 0 saturated carbocycles. The molecular weight excluding hydrogens is 424 g/mol. The summed E-state index contributed by atoms with van der Waals surface area (Å²) in [5.41, 5.74) is 5.67. The Balaban J connectivity index is 1.98. The van der Waals surface area contributed by atoms with Gasteiger partial charge in [-0.3, -0.25) is 9.59 Å². The van der Waals surface area contributed by atoms with Gasteiger partial charge in [-0.25, -0.2) is 13.1 Å². The van der Waals surface area contributed by atoms with Crippen LogP contribution in [-0.4, -0.2) is 49.2 Å². The van der Waals surface area contributed by atoms with Gasteiger partial charge in [-0.05, 0) is 30.7 Å². The average Bonchev–Trinajstić information content (AvgIpc) is 3.18. The fourth-order valence-corrected chi connectivity index (χ4v) is 5.05. The molecule has 0 spiro atoms. The molecule has 3 rings (SSSR count). The highest BCUT2D eigenvalue weighted by Gasteiger charge is 2.32. The third-order valence-corrected chi connectivity index (χ3v) is 6.32. The molecule has 4 N–H and O–H groups in total. The largest absolute Gasteiger partial charge is 0.364 e. The first-order valence-electron chi connectivity index (χ1n) is 7.77. The minimum Gasteiger partial charge on any atom is -0.364 e. The van der Waals surface area contributed by atoms with Crippen molar-refractivity contribution >= 4 is 48.7 Å². The lowest BCUT2D eigenvalue weighted by atomic mass is 10.2. The fraction of sp³-hybridized carbons (Fsp3) is 0.250. The lowest BCUT2D eigenvalue weighted by Gasteiger charge is -2.15. The maximum Gasteiger partial charge on any atom is 0.266 e. The Bertz CT molecular complexity index is 1010. The fourth-order valence-electron chi connectivity index (χ4n) is 3.06. The van der Waals surface area contributed by atoms with Crippen molar-refractivity contribution in [1.29, 1.82) is 0 Å². The van der Waals surface area contributed by atoms with Gasteiger partial charge in [0.15, 0.2) is 0 Å². The highest BCUT2D eigenvalue weighted by molar-refractivity contribution is 9.10. The number of halogens is 1. The number of benzene rings is 1. The molecule has 0 radical (unpaired) electrons. The first-order chi connectivity index (χ1) is 12.2. The molecule has 0 aliphatic carbocycles. The van der Waals surface area contributed by atoms with E-state index in [2.05, 4.69) is 32.2 Å². The number of likely N-dealkylation sites (tertiary alicyclic amines) is 1. The molecule has 0 bridgehead atoms. The zero-order valence-electron chi connectivity index (χ0n) is 13.7. The van der Waals surface area contributed by atoms with Crippen LogP contribution in [0.3, 0.4) is 0 Å². The monoisotopic (exact) mass is 440 g/mol. The smallest absolute Gasteiger partial charge is 0.266 e. The van der Waals surface area contributed by atoms with Gasteiger partial charge in [0.1, 0.15) is 10.6 Å². The second-order valence-corrected chi connectivity index (χ2v) is 8.55. The van der Waals surface area contributed by atoms with Crippen LogP contribution in [0.5, 0.6) is 0 Å². The summed E-state index contributed by atoms with van der Waals surface area (Å²) in [4.78, 5) is 27.5. The normalized spacial score (nSPS) is 17.6. The molecule has 1 atom stereocenters. The van der Waals surface area contributed by atoms with Crippen LogP contribution in [0.2, 0.25) is 0 Å². The number of H-pyrrole nitrogens is 1. The van der Waals surface area contributed by atoms with Crippen molar-refractivity contribution in [2.45, 2.75) is 17.4 Å². The minimum atomic E-state index is -4.04. The third-order valence-electron chi connectivity index (χ3n) is 4.22. The maximum atomic E-state index is 13.0.